The van der Waals surface area contributed by atoms with Crippen molar-refractivity contribution < 1.29 is 27.5 Å². The summed E-state index contributed by atoms with van der Waals surface area (Å²) in [4.78, 5) is 24.9. The van der Waals surface area contributed by atoms with E-state index in [1.54, 1.807) is 30.3 Å². The molecule has 5 nitrogen and oxygen atoms in total. The van der Waals surface area contributed by atoms with Crippen LogP contribution in [0.15, 0.2) is 54.6 Å². The Bertz CT molecular complexity index is 791. The molecule has 0 aliphatic carbocycles. The number of halogens is 3. The van der Waals surface area contributed by atoms with Crippen LogP contribution in [0.2, 0.25) is 0 Å². The van der Waals surface area contributed by atoms with Gasteiger partial charge in [-0.05, 0) is 35.7 Å². The number of carbonyl (C=O) groups excluding carboxylic acids is 2. The van der Waals surface area contributed by atoms with E-state index in [2.05, 4.69) is 15.4 Å². The van der Waals surface area contributed by atoms with Gasteiger partial charge in [0.25, 0.3) is 5.91 Å². The summed E-state index contributed by atoms with van der Waals surface area (Å²) in [5.41, 5.74) is 0.868. The highest BCUT2D eigenvalue weighted by molar-refractivity contribution is 5.97. The lowest BCUT2D eigenvalue weighted by Crippen LogP contribution is -2.37. The SMILES string of the molecule is CC(C)CC(=O)NC(C(=O)Nc1ccc(OC(F)(F)F)cc1)c1ccccc1. The lowest BCUT2D eigenvalue weighted by molar-refractivity contribution is -0.274. The van der Waals surface area contributed by atoms with Gasteiger partial charge in [-0.15, -0.1) is 13.2 Å². The van der Waals surface area contributed by atoms with Crippen molar-refractivity contribution in [1.82, 2.24) is 5.32 Å². The minimum atomic E-state index is -4.79. The molecule has 28 heavy (non-hydrogen) atoms. The molecule has 8 heteroatoms. The Morgan fingerprint density at radius 2 is 1.61 bits per heavy atom. The first kappa shape index (κ1) is 21.3. The number of amides is 2. The van der Waals surface area contributed by atoms with Crippen molar-refractivity contribution in [2.75, 3.05) is 5.32 Å². The number of alkyl halides is 3. The molecular weight excluding hydrogens is 373 g/mol. The lowest BCUT2D eigenvalue weighted by Gasteiger charge is -2.20. The van der Waals surface area contributed by atoms with E-state index in [1.165, 1.54) is 12.1 Å². The van der Waals surface area contributed by atoms with Crippen molar-refractivity contribution in [2.24, 2.45) is 5.92 Å². The lowest BCUT2D eigenvalue weighted by atomic mass is 10.0. The van der Waals surface area contributed by atoms with Crippen LogP contribution in [0.1, 0.15) is 31.9 Å². The molecule has 150 valence electrons. The Morgan fingerprint density at radius 3 is 2.14 bits per heavy atom. The Hall–Kier alpha value is -3.03. The molecule has 0 fully saturated rings. The third-order valence-corrected chi connectivity index (χ3v) is 3.65. The summed E-state index contributed by atoms with van der Waals surface area (Å²) in [7, 11) is 0. The summed E-state index contributed by atoms with van der Waals surface area (Å²) in [6.07, 6.45) is -4.52. The highest BCUT2D eigenvalue weighted by atomic mass is 19.4. The summed E-state index contributed by atoms with van der Waals surface area (Å²) >= 11 is 0. The molecule has 1 atom stereocenters. The molecule has 2 rings (SSSR count). The number of hydrogen-bond acceptors (Lipinski definition) is 3. The third-order valence-electron chi connectivity index (χ3n) is 3.65. The Labute approximate surface area is 160 Å². The second-order valence-electron chi connectivity index (χ2n) is 6.57. The van der Waals surface area contributed by atoms with Gasteiger partial charge in [-0.3, -0.25) is 9.59 Å². The first-order chi connectivity index (χ1) is 13.1. The molecular formula is C20H21F3N2O3. The van der Waals surface area contributed by atoms with Crippen molar-refractivity contribution >= 4 is 17.5 Å². The summed E-state index contributed by atoms with van der Waals surface area (Å²) in [5, 5.41) is 5.30. The zero-order valence-electron chi connectivity index (χ0n) is 15.4. The smallest absolute Gasteiger partial charge is 0.406 e. The molecule has 2 aromatic carbocycles. The first-order valence-corrected chi connectivity index (χ1v) is 8.65. The van der Waals surface area contributed by atoms with Crippen molar-refractivity contribution in [1.29, 1.82) is 0 Å². The van der Waals surface area contributed by atoms with E-state index in [4.69, 9.17) is 0 Å². The first-order valence-electron chi connectivity index (χ1n) is 8.65. The van der Waals surface area contributed by atoms with E-state index in [-0.39, 0.29) is 23.9 Å². The van der Waals surface area contributed by atoms with E-state index in [0.29, 0.717) is 5.56 Å². The summed E-state index contributed by atoms with van der Waals surface area (Å²) in [6, 6.07) is 12.5. The van der Waals surface area contributed by atoms with Gasteiger partial charge in [0, 0.05) is 12.1 Å². The maximum atomic E-state index is 12.7. The molecule has 0 spiro atoms. The predicted molar refractivity (Wildman–Crippen MR) is 98.5 cm³/mol. The van der Waals surface area contributed by atoms with E-state index in [1.807, 2.05) is 13.8 Å². The van der Waals surface area contributed by atoms with Gasteiger partial charge in [0.1, 0.15) is 11.8 Å². The molecule has 2 amide bonds. The van der Waals surface area contributed by atoms with Crippen molar-refractivity contribution in [3.05, 3.63) is 60.2 Å². The quantitative estimate of drug-likeness (QED) is 0.730. The van der Waals surface area contributed by atoms with Crippen LogP contribution < -0.4 is 15.4 Å². The van der Waals surface area contributed by atoms with Gasteiger partial charge in [0.15, 0.2) is 0 Å². The van der Waals surface area contributed by atoms with Crippen LogP contribution in [-0.2, 0) is 9.59 Å². The normalized spacial score (nSPS) is 12.4. The topological polar surface area (TPSA) is 67.4 Å². The molecule has 0 bridgehead atoms. The second kappa shape index (κ2) is 9.25. The van der Waals surface area contributed by atoms with Gasteiger partial charge >= 0.3 is 6.36 Å². The molecule has 0 aliphatic heterocycles. The zero-order chi connectivity index (χ0) is 20.7. The van der Waals surface area contributed by atoms with Crippen LogP contribution in [0.3, 0.4) is 0 Å². The number of ether oxygens (including phenoxy) is 1. The van der Waals surface area contributed by atoms with E-state index in [9.17, 15) is 22.8 Å². The van der Waals surface area contributed by atoms with Crippen LogP contribution in [-0.4, -0.2) is 18.2 Å². The van der Waals surface area contributed by atoms with Crippen molar-refractivity contribution in [3.8, 4) is 5.75 Å². The summed E-state index contributed by atoms with van der Waals surface area (Å²) in [6.45, 7) is 3.78. The average molecular weight is 394 g/mol. The zero-order valence-corrected chi connectivity index (χ0v) is 15.4. The fourth-order valence-corrected chi connectivity index (χ4v) is 2.49. The van der Waals surface area contributed by atoms with Crippen LogP contribution in [0.25, 0.3) is 0 Å². The minimum absolute atomic E-state index is 0.126. The van der Waals surface area contributed by atoms with E-state index < -0.39 is 24.1 Å². The Balaban J connectivity index is 2.12. The number of nitrogens with one attached hydrogen (secondary N) is 2. The number of anilines is 1. The van der Waals surface area contributed by atoms with Gasteiger partial charge < -0.3 is 15.4 Å². The number of rotatable bonds is 7. The molecule has 0 saturated carbocycles. The number of hydrogen-bond donors (Lipinski definition) is 2. The van der Waals surface area contributed by atoms with Gasteiger partial charge in [-0.2, -0.15) is 0 Å². The summed E-state index contributed by atoms with van der Waals surface area (Å²) in [5.74, 6) is -1.04. The molecule has 1 unspecified atom stereocenters. The second-order valence-corrected chi connectivity index (χ2v) is 6.57. The fourth-order valence-electron chi connectivity index (χ4n) is 2.49. The number of carbonyl (C=O) groups is 2. The van der Waals surface area contributed by atoms with Crippen molar-refractivity contribution in [3.63, 3.8) is 0 Å². The molecule has 0 heterocycles. The molecule has 2 N–H and O–H groups in total. The van der Waals surface area contributed by atoms with Crippen LogP contribution in [0.4, 0.5) is 18.9 Å². The Morgan fingerprint density at radius 1 is 1.00 bits per heavy atom. The molecule has 2 aromatic rings. The maximum Gasteiger partial charge on any atom is 0.573 e. The summed E-state index contributed by atoms with van der Waals surface area (Å²) < 4.78 is 40.5. The van der Waals surface area contributed by atoms with E-state index in [0.717, 1.165) is 12.1 Å². The fraction of sp³-hybridized carbons (Fsp3) is 0.300. The molecule has 0 aliphatic rings. The van der Waals surface area contributed by atoms with Gasteiger partial charge in [0.05, 0.1) is 0 Å². The minimum Gasteiger partial charge on any atom is -0.406 e. The van der Waals surface area contributed by atoms with Crippen molar-refractivity contribution in [2.45, 2.75) is 32.7 Å². The highest BCUT2D eigenvalue weighted by Crippen LogP contribution is 2.24. The Kier molecular flexibility index (Phi) is 7.03. The van der Waals surface area contributed by atoms with Crippen LogP contribution in [0.5, 0.6) is 5.75 Å². The average Bonchev–Trinajstić information content (AvgIpc) is 2.60. The molecule has 0 aromatic heterocycles. The maximum absolute atomic E-state index is 12.7. The highest BCUT2D eigenvalue weighted by Gasteiger charge is 2.31. The largest absolute Gasteiger partial charge is 0.573 e. The van der Waals surface area contributed by atoms with E-state index >= 15 is 0 Å². The standard InChI is InChI=1S/C20H21F3N2O3/c1-13(2)12-17(26)25-18(14-6-4-3-5-7-14)19(27)24-15-8-10-16(11-9-15)28-20(21,22)23/h3-11,13,18H,12H2,1-2H3,(H,24,27)(H,25,26). The van der Waals surface area contributed by atoms with Crippen LogP contribution >= 0.6 is 0 Å². The van der Waals surface area contributed by atoms with Gasteiger partial charge in [-0.1, -0.05) is 44.2 Å². The van der Waals surface area contributed by atoms with Gasteiger partial charge in [-0.25, -0.2) is 0 Å². The number of benzene rings is 2. The predicted octanol–water partition coefficient (Wildman–Crippen LogP) is 4.43. The third kappa shape index (κ3) is 6.94. The van der Waals surface area contributed by atoms with Gasteiger partial charge in [0.2, 0.25) is 5.91 Å². The monoisotopic (exact) mass is 394 g/mol. The van der Waals surface area contributed by atoms with Crippen LogP contribution in [0, 0.1) is 5.92 Å². The molecule has 0 saturated heterocycles. The molecule has 0 radical (unpaired) electrons.